The van der Waals surface area contributed by atoms with Crippen LogP contribution in [0, 0.1) is 5.92 Å². The normalized spacial score (nSPS) is 28.4. The molecule has 1 atom stereocenters. The van der Waals surface area contributed by atoms with E-state index in [2.05, 4.69) is 24.1 Å². The Labute approximate surface area is 43.8 Å². The Morgan fingerprint density at radius 1 is 1.71 bits per heavy atom. The molecule has 0 aromatic heterocycles. The maximum absolute atomic E-state index is 4.05. The van der Waals surface area contributed by atoms with Crippen LogP contribution in [0.15, 0.2) is 17.1 Å². The topological polar surface area (TPSA) is 12.4 Å². The van der Waals surface area contributed by atoms with Crippen LogP contribution in [0.5, 0.6) is 0 Å². The summed E-state index contributed by atoms with van der Waals surface area (Å²) in [6.07, 6.45) is 6.22. The van der Waals surface area contributed by atoms with E-state index in [0.29, 0.717) is 5.92 Å². The summed E-state index contributed by atoms with van der Waals surface area (Å²) in [6.45, 7) is 3.00. The van der Waals surface area contributed by atoms with Gasteiger partial charge in [-0.25, -0.2) is 0 Å². The molecule has 1 unspecified atom stereocenters. The van der Waals surface area contributed by atoms with Gasteiger partial charge < -0.3 is 0 Å². The number of hydrogen-bond donors (Lipinski definition) is 0. The minimum Gasteiger partial charge on any atom is -0.293 e. The van der Waals surface area contributed by atoms with Gasteiger partial charge in [0.2, 0.25) is 0 Å². The zero-order chi connectivity index (χ0) is 5.11. The van der Waals surface area contributed by atoms with Gasteiger partial charge in [0.25, 0.3) is 0 Å². The van der Waals surface area contributed by atoms with Crippen LogP contribution in [0.3, 0.4) is 0 Å². The zero-order valence-electron chi connectivity index (χ0n) is 4.46. The summed E-state index contributed by atoms with van der Waals surface area (Å²) in [5.74, 6) is 0.564. The fraction of sp³-hybridized carbons (Fsp3) is 0.500. The monoisotopic (exact) mass is 95.1 g/mol. The van der Waals surface area contributed by atoms with Crippen LogP contribution in [-0.4, -0.2) is 12.8 Å². The Morgan fingerprint density at radius 3 is 2.86 bits per heavy atom. The quantitative estimate of drug-likeness (QED) is 0.402. The molecule has 0 amide bonds. The molecule has 0 saturated carbocycles. The van der Waals surface area contributed by atoms with Crippen LogP contribution >= 0.6 is 0 Å². The van der Waals surface area contributed by atoms with E-state index in [1.807, 2.05) is 6.21 Å². The fourth-order valence-electron chi connectivity index (χ4n) is 0.613. The highest BCUT2D eigenvalue weighted by atomic mass is 14.7. The van der Waals surface area contributed by atoms with Gasteiger partial charge in [0.1, 0.15) is 0 Å². The number of nitrogens with zero attached hydrogens (tertiary/aromatic N) is 1. The molecule has 0 saturated heterocycles. The molecule has 7 heavy (non-hydrogen) atoms. The molecule has 38 valence electrons. The molecule has 1 aliphatic heterocycles. The first-order valence-electron chi connectivity index (χ1n) is 2.56. The second-order valence-corrected chi connectivity index (χ2v) is 1.80. The third-order valence-electron chi connectivity index (χ3n) is 0.991. The van der Waals surface area contributed by atoms with E-state index in [9.17, 15) is 0 Å². The summed E-state index contributed by atoms with van der Waals surface area (Å²) in [5.41, 5.74) is 0. The minimum atomic E-state index is 0.564. The van der Waals surface area contributed by atoms with Crippen molar-refractivity contribution < 1.29 is 0 Å². The van der Waals surface area contributed by atoms with Crippen LogP contribution < -0.4 is 0 Å². The van der Waals surface area contributed by atoms with Crippen molar-refractivity contribution >= 4 is 6.21 Å². The van der Waals surface area contributed by atoms with Crippen molar-refractivity contribution in [1.82, 2.24) is 0 Å². The molecule has 0 aromatic carbocycles. The van der Waals surface area contributed by atoms with Crippen molar-refractivity contribution in [2.24, 2.45) is 10.9 Å². The highest BCUT2D eigenvalue weighted by Crippen LogP contribution is 1.96. The average molecular weight is 95.1 g/mol. The summed E-state index contributed by atoms with van der Waals surface area (Å²) in [7, 11) is 0. The largest absolute Gasteiger partial charge is 0.293 e. The molecular weight excluding hydrogens is 86.1 g/mol. The molecule has 0 aliphatic carbocycles. The van der Waals surface area contributed by atoms with Gasteiger partial charge in [-0.2, -0.15) is 0 Å². The third kappa shape index (κ3) is 1.15. The van der Waals surface area contributed by atoms with E-state index in [1.54, 1.807) is 0 Å². The van der Waals surface area contributed by atoms with Crippen LogP contribution in [0.4, 0.5) is 0 Å². The van der Waals surface area contributed by atoms with Gasteiger partial charge in [-0.1, -0.05) is 19.1 Å². The lowest BCUT2D eigenvalue weighted by Gasteiger charge is -1.99. The molecule has 0 aromatic rings. The van der Waals surface area contributed by atoms with Gasteiger partial charge in [-0.05, 0) is 0 Å². The lowest BCUT2D eigenvalue weighted by atomic mass is 10.1. The zero-order valence-corrected chi connectivity index (χ0v) is 4.46. The fourth-order valence-corrected chi connectivity index (χ4v) is 0.613. The lowest BCUT2D eigenvalue weighted by molar-refractivity contribution is 0.976. The van der Waals surface area contributed by atoms with E-state index in [-0.39, 0.29) is 0 Å². The van der Waals surface area contributed by atoms with E-state index in [4.69, 9.17) is 0 Å². The summed E-state index contributed by atoms with van der Waals surface area (Å²) >= 11 is 0. The van der Waals surface area contributed by atoms with Gasteiger partial charge >= 0.3 is 0 Å². The molecule has 1 heterocycles. The smallest absolute Gasteiger partial charge is 0.0566 e. The van der Waals surface area contributed by atoms with Gasteiger partial charge in [0.05, 0.1) is 6.54 Å². The number of hydrogen-bond acceptors (Lipinski definition) is 1. The van der Waals surface area contributed by atoms with Crippen molar-refractivity contribution in [3.63, 3.8) is 0 Å². The molecule has 0 fully saturated rings. The molecule has 0 spiro atoms. The summed E-state index contributed by atoms with van der Waals surface area (Å²) in [6, 6.07) is 0. The van der Waals surface area contributed by atoms with E-state index in [0.717, 1.165) is 6.54 Å². The minimum absolute atomic E-state index is 0.564. The van der Waals surface area contributed by atoms with Crippen LogP contribution in [0.25, 0.3) is 0 Å². The van der Waals surface area contributed by atoms with E-state index in [1.165, 1.54) is 0 Å². The molecular formula is C6H9N. The third-order valence-corrected chi connectivity index (χ3v) is 0.991. The van der Waals surface area contributed by atoms with Crippen molar-refractivity contribution in [1.29, 1.82) is 0 Å². The highest BCUT2D eigenvalue weighted by Gasteiger charge is 1.91. The Balaban J connectivity index is 2.49. The Kier molecular flexibility index (Phi) is 1.25. The number of rotatable bonds is 0. The second-order valence-electron chi connectivity index (χ2n) is 1.80. The predicted octanol–water partition coefficient (Wildman–Crippen LogP) is 1.26. The maximum Gasteiger partial charge on any atom is 0.0566 e. The van der Waals surface area contributed by atoms with Crippen LogP contribution in [0.2, 0.25) is 0 Å². The second kappa shape index (κ2) is 1.92. The average Bonchev–Trinajstić information content (AvgIpc) is 1.69. The Morgan fingerprint density at radius 2 is 2.57 bits per heavy atom. The summed E-state index contributed by atoms with van der Waals surface area (Å²) in [5, 5.41) is 0. The molecule has 0 radical (unpaired) electrons. The van der Waals surface area contributed by atoms with Crippen molar-refractivity contribution in [3.8, 4) is 0 Å². The first kappa shape index (κ1) is 4.57. The van der Waals surface area contributed by atoms with Gasteiger partial charge in [0.15, 0.2) is 0 Å². The van der Waals surface area contributed by atoms with Crippen molar-refractivity contribution in [2.45, 2.75) is 6.92 Å². The highest BCUT2D eigenvalue weighted by molar-refractivity contribution is 5.63. The van der Waals surface area contributed by atoms with Crippen molar-refractivity contribution in [3.05, 3.63) is 12.2 Å². The number of allylic oxidation sites excluding steroid dienone is 1. The van der Waals surface area contributed by atoms with Gasteiger partial charge in [0, 0.05) is 12.1 Å². The standard InChI is InChI=1S/C6H9N/c1-6-3-2-4-7-5-6/h2-3,5-6H,4H2,1H3. The summed E-state index contributed by atoms with van der Waals surface area (Å²) < 4.78 is 0. The molecule has 1 heteroatoms. The SMILES string of the molecule is CC1C=CCN=C1. The van der Waals surface area contributed by atoms with E-state index < -0.39 is 0 Å². The predicted molar refractivity (Wildman–Crippen MR) is 31.7 cm³/mol. The summed E-state index contributed by atoms with van der Waals surface area (Å²) in [4.78, 5) is 4.05. The molecule has 1 aliphatic rings. The Bertz CT molecular complexity index is 90.7. The molecule has 0 N–H and O–H groups in total. The number of aliphatic imine (C=N–C) groups is 1. The molecule has 0 bridgehead atoms. The molecule has 1 rings (SSSR count). The van der Waals surface area contributed by atoms with Crippen LogP contribution in [-0.2, 0) is 0 Å². The van der Waals surface area contributed by atoms with E-state index >= 15 is 0 Å². The molecule has 1 nitrogen and oxygen atoms in total. The number of dihydropyridines is 1. The lowest BCUT2D eigenvalue weighted by Crippen LogP contribution is -1.95. The first-order valence-corrected chi connectivity index (χ1v) is 2.56. The van der Waals surface area contributed by atoms with Gasteiger partial charge in [-0.3, -0.25) is 4.99 Å². The van der Waals surface area contributed by atoms with Gasteiger partial charge in [-0.15, -0.1) is 0 Å². The van der Waals surface area contributed by atoms with Crippen molar-refractivity contribution in [2.75, 3.05) is 6.54 Å². The maximum atomic E-state index is 4.05. The Hall–Kier alpha value is -0.590. The first-order chi connectivity index (χ1) is 3.39. The van der Waals surface area contributed by atoms with Crippen LogP contribution in [0.1, 0.15) is 6.92 Å².